The van der Waals surface area contributed by atoms with Crippen LogP contribution >= 0.6 is 0 Å². The van der Waals surface area contributed by atoms with Crippen molar-refractivity contribution in [3.63, 3.8) is 0 Å². The van der Waals surface area contributed by atoms with Gasteiger partial charge in [-0.05, 0) is 25.0 Å². The summed E-state index contributed by atoms with van der Waals surface area (Å²) in [4.78, 5) is 0. The number of aryl methyl sites for hydroxylation is 1. The summed E-state index contributed by atoms with van der Waals surface area (Å²) < 4.78 is 5.22. The fourth-order valence-corrected chi connectivity index (χ4v) is 1.20. The highest BCUT2D eigenvalue weighted by Gasteiger charge is 1.94. The lowest BCUT2D eigenvalue weighted by molar-refractivity contribution is 0.494. The summed E-state index contributed by atoms with van der Waals surface area (Å²) in [6, 6.07) is 3.97. The Labute approximate surface area is 74.0 Å². The lowest BCUT2D eigenvalue weighted by Crippen LogP contribution is -1.98. The van der Waals surface area contributed by atoms with Gasteiger partial charge in [0.2, 0.25) is 0 Å². The molecule has 1 aromatic heterocycles. The average molecular weight is 166 g/mol. The van der Waals surface area contributed by atoms with E-state index < -0.39 is 0 Å². The molecule has 67 valence electrons. The van der Waals surface area contributed by atoms with E-state index in [0.29, 0.717) is 0 Å². The fourth-order valence-electron chi connectivity index (χ4n) is 1.20. The summed E-state index contributed by atoms with van der Waals surface area (Å²) in [6.45, 7) is 0.998. The highest BCUT2D eigenvalue weighted by atomic mass is 16.3. The molecule has 1 aromatic rings. The van der Waals surface area contributed by atoms with Gasteiger partial charge in [0.25, 0.3) is 0 Å². The minimum absolute atomic E-state index is 0.998. The topological polar surface area (TPSA) is 27.2 Å². The molecule has 2 nitrogen and oxygen atoms in total. The van der Waals surface area contributed by atoms with Crippen LogP contribution in [-0.2, 0) is 6.42 Å². The second-order valence-corrected chi connectivity index (χ2v) is 2.93. The number of hydrogen-bond donors (Lipinski definition) is 0. The van der Waals surface area contributed by atoms with Crippen LogP contribution in [0, 0.1) is 0 Å². The van der Waals surface area contributed by atoms with Crippen molar-refractivity contribution in [2.24, 2.45) is 0 Å². The van der Waals surface area contributed by atoms with Gasteiger partial charge in [-0.15, -0.1) is 0 Å². The third-order valence-electron chi connectivity index (χ3n) is 1.88. The van der Waals surface area contributed by atoms with E-state index in [-0.39, 0.29) is 0 Å². The number of furan rings is 1. The molecule has 2 heteroatoms. The van der Waals surface area contributed by atoms with Crippen LogP contribution in [0.4, 0.5) is 0 Å². The zero-order valence-electron chi connectivity index (χ0n) is 7.62. The molecule has 0 bridgehead atoms. The normalized spacial score (nSPS) is 10.4. The molecule has 12 heavy (non-hydrogen) atoms. The van der Waals surface area contributed by atoms with E-state index >= 15 is 0 Å². The van der Waals surface area contributed by atoms with Crippen LogP contribution in [0.1, 0.15) is 25.0 Å². The minimum atomic E-state index is 0.998. The molecule has 0 amide bonds. The molecule has 0 unspecified atom stereocenters. The van der Waals surface area contributed by atoms with E-state index in [4.69, 9.17) is 4.42 Å². The van der Waals surface area contributed by atoms with Gasteiger partial charge in [0.05, 0.1) is 6.26 Å². The molecule has 0 aliphatic rings. The molecule has 0 aromatic carbocycles. The van der Waals surface area contributed by atoms with Gasteiger partial charge in [0.1, 0.15) is 5.76 Å². The Kier molecular flexibility index (Phi) is 4.54. The van der Waals surface area contributed by atoms with Gasteiger partial charge >= 0.3 is 0 Å². The third kappa shape index (κ3) is 3.58. The zero-order valence-corrected chi connectivity index (χ0v) is 7.62. The van der Waals surface area contributed by atoms with E-state index in [1.807, 2.05) is 19.2 Å². The van der Waals surface area contributed by atoms with E-state index in [0.717, 1.165) is 18.7 Å². The predicted octanol–water partition coefficient (Wildman–Crippen LogP) is 2.23. The maximum absolute atomic E-state index is 5.22. The van der Waals surface area contributed by atoms with Crippen molar-refractivity contribution in [1.82, 2.24) is 5.32 Å². The lowest BCUT2D eigenvalue weighted by atomic mass is 10.1. The molecule has 0 fully saturated rings. The monoisotopic (exact) mass is 166 g/mol. The van der Waals surface area contributed by atoms with Crippen molar-refractivity contribution in [3.05, 3.63) is 24.2 Å². The van der Waals surface area contributed by atoms with Gasteiger partial charge in [0.15, 0.2) is 0 Å². The summed E-state index contributed by atoms with van der Waals surface area (Å²) in [5.41, 5.74) is 0. The first kappa shape index (κ1) is 9.33. The summed E-state index contributed by atoms with van der Waals surface area (Å²) in [7, 11) is 1.87. The van der Waals surface area contributed by atoms with Gasteiger partial charge in [0, 0.05) is 20.0 Å². The maximum atomic E-state index is 5.22. The van der Waals surface area contributed by atoms with Crippen molar-refractivity contribution < 1.29 is 4.42 Å². The smallest absolute Gasteiger partial charge is 0.103 e. The molecular weight excluding hydrogens is 150 g/mol. The van der Waals surface area contributed by atoms with Gasteiger partial charge in [-0.25, -0.2) is 5.32 Å². The van der Waals surface area contributed by atoms with Crippen molar-refractivity contribution in [1.29, 1.82) is 0 Å². The van der Waals surface area contributed by atoms with Crippen LogP contribution in [0.5, 0.6) is 0 Å². The van der Waals surface area contributed by atoms with Crippen molar-refractivity contribution in [3.8, 4) is 0 Å². The van der Waals surface area contributed by atoms with Gasteiger partial charge in [-0.3, -0.25) is 0 Å². The van der Waals surface area contributed by atoms with E-state index in [1.54, 1.807) is 6.26 Å². The van der Waals surface area contributed by atoms with Crippen molar-refractivity contribution in [2.45, 2.75) is 25.7 Å². The molecule has 0 aliphatic carbocycles. The first-order valence-corrected chi connectivity index (χ1v) is 4.51. The molecule has 1 heterocycles. The van der Waals surface area contributed by atoms with Crippen LogP contribution in [0.25, 0.3) is 0 Å². The van der Waals surface area contributed by atoms with Crippen molar-refractivity contribution >= 4 is 0 Å². The molecule has 0 saturated carbocycles. The Morgan fingerprint density at radius 1 is 1.33 bits per heavy atom. The second-order valence-electron chi connectivity index (χ2n) is 2.93. The minimum Gasteiger partial charge on any atom is -0.469 e. The van der Waals surface area contributed by atoms with Crippen LogP contribution in [0.15, 0.2) is 22.8 Å². The molecule has 1 rings (SSSR count). The van der Waals surface area contributed by atoms with Crippen LogP contribution in [0.2, 0.25) is 0 Å². The average Bonchev–Trinajstić information content (AvgIpc) is 2.57. The molecule has 0 saturated heterocycles. The van der Waals surface area contributed by atoms with E-state index in [1.165, 1.54) is 19.3 Å². The Morgan fingerprint density at radius 2 is 2.25 bits per heavy atom. The standard InChI is InChI=1S/C10H16NO/c1-11-8-4-2-3-6-10-7-5-9-12-10/h5,7,9H,2-4,6,8H2,1H3. The lowest BCUT2D eigenvalue weighted by Gasteiger charge is -1.97. The number of hydrogen-bond acceptors (Lipinski definition) is 1. The molecule has 1 radical (unpaired) electrons. The summed E-state index contributed by atoms with van der Waals surface area (Å²) in [6.07, 6.45) is 6.46. The van der Waals surface area contributed by atoms with Crippen LogP contribution < -0.4 is 5.32 Å². The quantitative estimate of drug-likeness (QED) is 0.595. The van der Waals surface area contributed by atoms with Gasteiger partial charge < -0.3 is 4.42 Å². The Bertz CT molecular complexity index is 182. The van der Waals surface area contributed by atoms with Gasteiger partial charge in [-0.1, -0.05) is 6.42 Å². The Hall–Kier alpha value is -0.760. The first-order chi connectivity index (χ1) is 5.93. The first-order valence-electron chi connectivity index (χ1n) is 4.51. The Morgan fingerprint density at radius 3 is 2.92 bits per heavy atom. The molecular formula is C10H16NO. The highest BCUT2D eigenvalue weighted by molar-refractivity contribution is 4.97. The predicted molar refractivity (Wildman–Crippen MR) is 49.2 cm³/mol. The number of rotatable bonds is 6. The SMILES string of the molecule is C[N]CCCCCc1ccco1. The molecule has 0 aliphatic heterocycles. The molecule has 0 atom stereocenters. The highest BCUT2D eigenvalue weighted by Crippen LogP contribution is 2.06. The van der Waals surface area contributed by atoms with Crippen LogP contribution in [0.3, 0.4) is 0 Å². The second kappa shape index (κ2) is 5.84. The largest absolute Gasteiger partial charge is 0.469 e. The van der Waals surface area contributed by atoms with Gasteiger partial charge in [-0.2, -0.15) is 0 Å². The van der Waals surface area contributed by atoms with Crippen LogP contribution in [-0.4, -0.2) is 13.6 Å². The van der Waals surface area contributed by atoms with E-state index in [2.05, 4.69) is 5.32 Å². The maximum Gasteiger partial charge on any atom is 0.103 e. The summed E-state index contributed by atoms with van der Waals surface area (Å²) >= 11 is 0. The zero-order chi connectivity index (χ0) is 8.65. The summed E-state index contributed by atoms with van der Waals surface area (Å²) in [5.74, 6) is 1.10. The van der Waals surface area contributed by atoms with Crippen molar-refractivity contribution in [2.75, 3.05) is 13.6 Å². The van der Waals surface area contributed by atoms with E-state index in [9.17, 15) is 0 Å². The fraction of sp³-hybridized carbons (Fsp3) is 0.600. The third-order valence-corrected chi connectivity index (χ3v) is 1.88. The molecule has 0 N–H and O–H groups in total. The number of unbranched alkanes of at least 4 members (excludes halogenated alkanes) is 2. The summed E-state index contributed by atoms with van der Waals surface area (Å²) in [5, 5.41) is 4.05. The Balaban J connectivity index is 1.96. The number of nitrogens with zero attached hydrogens (tertiary/aromatic N) is 1. The molecule has 0 spiro atoms.